The van der Waals surface area contributed by atoms with Gasteiger partial charge in [-0.1, -0.05) is 0 Å². The van der Waals surface area contributed by atoms with E-state index in [2.05, 4.69) is 30.2 Å². The fourth-order valence-corrected chi connectivity index (χ4v) is 2.65. The van der Waals surface area contributed by atoms with E-state index in [9.17, 15) is 4.39 Å². The second-order valence-electron chi connectivity index (χ2n) is 5.67. The Morgan fingerprint density at radius 2 is 1.92 bits per heavy atom. The van der Waals surface area contributed by atoms with Gasteiger partial charge in [-0.05, 0) is 34.9 Å². The molecular weight excluding hydrogens is 319 g/mol. The van der Waals surface area contributed by atoms with Crippen molar-refractivity contribution >= 4 is 17.0 Å². The first kappa shape index (κ1) is 15.2. The Bertz CT molecular complexity index is 996. The molecule has 0 aromatic carbocycles. The highest BCUT2D eigenvalue weighted by Crippen LogP contribution is 2.19. The number of pyridine rings is 2. The highest BCUT2D eigenvalue weighted by molar-refractivity contribution is 5.79. The molecule has 0 atom stereocenters. The summed E-state index contributed by atoms with van der Waals surface area (Å²) in [4.78, 5) is 19.9. The molecule has 0 aliphatic carbocycles. The molecule has 25 heavy (non-hydrogen) atoms. The maximum absolute atomic E-state index is 13.1. The van der Waals surface area contributed by atoms with Crippen LogP contribution >= 0.6 is 0 Å². The summed E-state index contributed by atoms with van der Waals surface area (Å²) in [5, 5.41) is 4.16. The third-order valence-corrected chi connectivity index (χ3v) is 3.85. The molecule has 124 valence electrons. The second kappa shape index (κ2) is 6.64. The van der Waals surface area contributed by atoms with E-state index in [-0.39, 0.29) is 5.82 Å². The van der Waals surface area contributed by atoms with E-state index in [0.717, 1.165) is 34.1 Å². The summed E-state index contributed by atoms with van der Waals surface area (Å²) in [6.45, 7) is 0.415. The van der Waals surface area contributed by atoms with Gasteiger partial charge in [-0.3, -0.25) is 4.98 Å². The lowest BCUT2D eigenvalue weighted by atomic mass is 10.1. The Kier molecular flexibility index (Phi) is 4.04. The van der Waals surface area contributed by atoms with Crippen molar-refractivity contribution in [3.05, 3.63) is 77.9 Å². The Labute approximate surface area is 143 Å². The number of hydrogen-bond donors (Lipinski definition) is 2. The predicted octanol–water partition coefficient (Wildman–Crippen LogP) is 3.09. The number of nitrogens with zero attached hydrogens (tertiary/aromatic N) is 4. The maximum Gasteiger partial charge on any atom is 0.222 e. The van der Waals surface area contributed by atoms with Crippen molar-refractivity contribution in [3.63, 3.8) is 0 Å². The lowest BCUT2D eigenvalue weighted by molar-refractivity contribution is 0.619. The van der Waals surface area contributed by atoms with Crippen LogP contribution in [-0.4, -0.2) is 24.9 Å². The molecule has 6 nitrogen and oxygen atoms in total. The minimum atomic E-state index is -0.358. The molecule has 0 aliphatic rings. The monoisotopic (exact) mass is 334 g/mol. The van der Waals surface area contributed by atoms with Crippen LogP contribution in [0.4, 0.5) is 10.3 Å². The molecule has 0 aliphatic heterocycles. The number of aromatic amines is 1. The molecule has 7 heteroatoms. The molecule has 0 bridgehead atoms. The van der Waals surface area contributed by atoms with Crippen LogP contribution in [0.2, 0.25) is 0 Å². The summed E-state index contributed by atoms with van der Waals surface area (Å²) in [5.74, 6) is 0.136. The number of nitrogens with one attached hydrogen (secondary N) is 2. The molecule has 0 spiro atoms. The van der Waals surface area contributed by atoms with Gasteiger partial charge in [0.1, 0.15) is 11.5 Å². The van der Waals surface area contributed by atoms with Crippen LogP contribution < -0.4 is 5.32 Å². The third kappa shape index (κ3) is 3.45. The van der Waals surface area contributed by atoms with Crippen LogP contribution in [0.15, 0.2) is 55.4 Å². The molecule has 0 fully saturated rings. The van der Waals surface area contributed by atoms with Crippen LogP contribution in [0, 0.1) is 5.82 Å². The molecule has 0 radical (unpaired) electrons. The molecule has 4 rings (SSSR count). The summed E-state index contributed by atoms with van der Waals surface area (Å²) >= 11 is 0. The number of aromatic nitrogens is 5. The van der Waals surface area contributed by atoms with Crippen molar-refractivity contribution in [1.29, 1.82) is 0 Å². The summed E-state index contributed by atoms with van der Waals surface area (Å²) in [5.41, 5.74) is 3.76. The van der Waals surface area contributed by atoms with Gasteiger partial charge in [-0.15, -0.1) is 0 Å². The zero-order valence-corrected chi connectivity index (χ0v) is 13.3. The standard InChI is InChI=1S/C18H15FN6/c19-15-5-13(6-20-11-15)9-25-18-23-7-12(8-24-18)4-14-10-22-17-16(14)2-1-3-21-17/h1-3,5-8,10-11H,4,9H2,(H,21,22)(H,23,24,25). The quantitative estimate of drug-likeness (QED) is 0.586. The van der Waals surface area contributed by atoms with Gasteiger partial charge in [0.05, 0.1) is 6.20 Å². The Morgan fingerprint density at radius 1 is 1.04 bits per heavy atom. The number of fused-ring (bicyclic) bond motifs is 1. The van der Waals surface area contributed by atoms with E-state index in [1.165, 1.54) is 12.3 Å². The number of halogens is 1. The number of H-pyrrole nitrogens is 1. The summed E-state index contributed by atoms with van der Waals surface area (Å²) in [6.07, 6.45) is 10.8. The fraction of sp³-hybridized carbons (Fsp3) is 0.111. The molecule has 4 heterocycles. The summed E-state index contributed by atoms with van der Waals surface area (Å²) in [6, 6.07) is 5.39. The minimum absolute atomic E-state index is 0.358. The average molecular weight is 334 g/mol. The first-order valence-corrected chi connectivity index (χ1v) is 7.83. The number of hydrogen-bond acceptors (Lipinski definition) is 5. The first-order valence-electron chi connectivity index (χ1n) is 7.83. The van der Waals surface area contributed by atoms with Gasteiger partial charge >= 0.3 is 0 Å². The minimum Gasteiger partial charge on any atom is -0.350 e. The Hall–Kier alpha value is -3.35. The zero-order valence-electron chi connectivity index (χ0n) is 13.3. The maximum atomic E-state index is 13.1. The van der Waals surface area contributed by atoms with Crippen LogP contribution in [0.25, 0.3) is 11.0 Å². The topological polar surface area (TPSA) is 79.4 Å². The molecular formula is C18H15FN6. The normalized spacial score (nSPS) is 10.9. The van der Waals surface area contributed by atoms with Crippen molar-refractivity contribution in [1.82, 2.24) is 24.9 Å². The van der Waals surface area contributed by atoms with Gasteiger partial charge < -0.3 is 10.3 Å². The van der Waals surface area contributed by atoms with Crippen molar-refractivity contribution in [2.45, 2.75) is 13.0 Å². The lowest BCUT2D eigenvalue weighted by Gasteiger charge is -2.05. The van der Waals surface area contributed by atoms with Crippen LogP contribution in [0.1, 0.15) is 16.7 Å². The Balaban J connectivity index is 1.43. The van der Waals surface area contributed by atoms with Crippen LogP contribution in [0.3, 0.4) is 0 Å². The molecule has 0 saturated heterocycles. The second-order valence-corrected chi connectivity index (χ2v) is 5.67. The van der Waals surface area contributed by atoms with Crippen molar-refractivity contribution in [2.24, 2.45) is 0 Å². The Morgan fingerprint density at radius 3 is 2.76 bits per heavy atom. The fourth-order valence-electron chi connectivity index (χ4n) is 2.65. The largest absolute Gasteiger partial charge is 0.350 e. The SMILES string of the molecule is Fc1cncc(CNc2ncc(Cc3c[nH]c4ncccc34)cn2)c1. The van der Waals surface area contributed by atoms with Crippen LogP contribution in [-0.2, 0) is 13.0 Å². The van der Waals surface area contributed by atoms with Gasteiger partial charge in [0.25, 0.3) is 0 Å². The van der Waals surface area contributed by atoms with E-state index in [0.29, 0.717) is 12.5 Å². The summed E-state index contributed by atoms with van der Waals surface area (Å²) in [7, 11) is 0. The molecule has 0 saturated carbocycles. The highest BCUT2D eigenvalue weighted by atomic mass is 19.1. The van der Waals surface area contributed by atoms with Gasteiger partial charge in [-0.25, -0.2) is 19.3 Å². The number of anilines is 1. The average Bonchev–Trinajstić information content (AvgIpc) is 3.04. The van der Waals surface area contributed by atoms with Crippen molar-refractivity contribution in [3.8, 4) is 0 Å². The van der Waals surface area contributed by atoms with E-state index in [1.54, 1.807) is 24.8 Å². The zero-order chi connectivity index (χ0) is 17.1. The van der Waals surface area contributed by atoms with Gasteiger partial charge in [0, 0.05) is 49.3 Å². The van der Waals surface area contributed by atoms with Gasteiger partial charge in [-0.2, -0.15) is 0 Å². The van der Waals surface area contributed by atoms with E-state index in [4.69, 9.17) is 0 Å². The summed E-state index contributed by atoms with van der Waals surface area (Å²) < 4.78 is 13.1. The first-order chi connectivity index (χ1) is 12.3. The predicted molar refractivity (Wildman–Crippen MR) is 92.5 cm³/mol. The highest BCUT2D eigenvalue weighted by Gasteiger charge is 2.06. The smallest absolute Gasteiger partial charge is 0.222 e. The third-order valence-electron chi connectivity index (χ3n) is 3.85. The lowest BCUT2D eigenvalue weighted by Crippen LogP contribution is -2.04. The van der Waals surface area contributed by atoms with E-state index in [1.807, 2.05) is 18.3 Å². The van der Waals surface area contributed by atoms with E-state index < -0.39 is 0 Å². The van der Waals surface area contributed by atoms with Crippen LogP contribution in [0.5, 0.6) is 0 Å². The molecule has 2 N–H and O–H groups in total. The van der Waals surface area contributed by atoms with Gasteiger partial charge in [0.2, 0.25) is 5.95 Å². The molecule has 0 amide bonds. The van der Waals surface area contributed by atoms with Crippen molar-refractivity contribution in [2.75, 3.05) is 5.32 Å². The number of rotatable bonds is 5. The molecule has 0 unspecified atom stereocenters. The van der Waals surface area contributed by atoms with Gasteiger partial charge in [0.15, 0.2) is 0 Å². The van der Waals surface area contributed by atoms with Crippen molar-refractivity contribution < 1.29 is 4.39 Å². The molecule has 4 aromatic heterocycles. The van der Waals surface area contributed by atoms with E-state index >= 15 is 0 Å². The molecule has 4 aromatic rings.